The molecule has 11 heteroatoms. The Labute approximate surface area is 200 Å². The number of anilines is 2. The van der Waals surface area contributed by atoms with Crippen LogP contribution in [0, 0.1) is 23.3 Å². The highest BCUT2D eigenvalue weighted by Gasteiger charge is 2.27. The summed E-state index contributed by atoms with van der Waals surface area (Å²) < 4.78 is 55.2. The van der Waals surface area contributed by atoms with Crippen LogP contribution in [0.4, 0.5) is 28.9 Å². The van der Waals surface area contributed by atoms with E-state index in [4.69, 9.17) is 5.11 Å². The van der Waals surface area contributed by atoms with Crippen LogP contribution in [0.1, 0.15) is 10.8 Å². The minimum absolute atomic E-state index is 0.0432. The Kier molecular flexibility index (Phi) is 8.26. The Morgan fingerprint density at radius 1 is 0.829 bits per heavy atom. The lowest BCUT2D eigenvalue weighted by Crippen LogP contribution is -2.21. The molecule has 0 radical (unpaired) electrons. The van der Waals surface area contributed by atoms with E-state index in [-0.39, 0.29) is 6.07 Å². The number of carboxylic acids is 1. The molecule has 0 aliphatic rings. The number of hydrogen-bond acceptors (Lipinski definition) is 4. The van der Waals surface area contributed by atoms with E-state index in [1.807, 2.05) is 5.32 Å². The van der Waals surface area contributed by atoms with E-state index < -0.39 is 52.0 Å². The summed E-state index contributed by atoms with van der Waals surface area (Å²) in [5, 5.41) is 11.9. The predicted octanol–water partition coefficient (Wildman–Crippen LogP) is 5.29. The van der Waals surface area contributed by atoms with Crippen molar-refractivity contribution in [2.24, 2.45) is 0 Å². The largest absolute Gasteiger partial charge is 0.478 e. The number of aliphatic carboxylic acids is 1. The minimum Gasteiger partial charge on any atom is -0.478 e. The van der Waals surface area contributed by atoms with Gasteiger partial charge >= 0.3 is 5.97 Å². The first-order valence-electron chi connectivity index (χ1n) is 9.83. The highest BCUT2D eigenvalue weighted by atomic mass is 32.2. The van der Waals surface area contributed by atoms with Gasteiger partial charge in [0, 0.05) is 28.8 Å². The molecule has 2 amide bonds. The van der Waals surface area contributed by atoms with Gasteiger partial charge in [0.05, 0.1) is 0 Å². The Bertz CT molecular complexity index is 1260. The van der Waals surface area contributed by atoms with Gasteiger partial charge in [-0.1, -0.05) is 30.3 Å². The highest BCUT2D eigenvalue weighted by molar-refractivity contribution is 8.00. The van der Waals surface area contributed by atoms with Crippen molar-refractivity contribution in [3.05, 3.63) is 102 Å². The fourth-order valence-corrected chi connectivity index (χ4v) is 3.88. The lowest BCUT2D eigenvalue weighted by molar-refractivity contribution is -0.131. The van der Waals surface area contributed by atoms with Crippen LogP contribution in [0.3, 0.4) is 0 Å². The van der Waals surface area contributed by atoms with Crippen molar-refractivity contribution in [1.82, 2.24) is 0 Å². The molecule has 0 fully saturated rings. The van der Waals surface area contributed by atoms with Gasteiger partial charge in [-0.25, -0.2) is 22.4 Å². The first kappa shape index (κ1) is 25.5. The molecule has 1 atom stereocenters. The first-order valence-corrected chi connectivity index (χ1v) is 10.7. The Hall–Kier alpha value is -4.12. The fraction of sp³-hybridized carbons (Fsp3) is 0.0417. The molecule has 35 heavy (non-hydrogen) atoms. The maximum absolute atomic E-state index is 14.1. The molecule has 0 aliphatic carbocycles. The molecule has 3 N–H and O–H groups in total. The maximum atomic E-state index is 14.1. The zero-order chi connectivity index (χ0) is 25.5. The van der Waals surface area contributed by atoms with E-state index in [1.165, 1.54) is 12.1 Å². The third kappa shape index (κ3) is 6.70. The number of carbonyl (C=O) groups is 3. The van der Waals surface area contributed by atoms with Crippen molar-refractivity contribution >= 4 is 40.9 Å². The third-order valence-corrected chi connectivity index (χ3v) is 5.72. The Balaban J connectivity index is 1.82. The number of rotatable bonds is 8. The number of halogens is 4. The number of carbonyl (C=O) groups excluding carboxylic acids is 2. The van der Waals surface area contributed by atoms with E-state index in [9.17, 15) is 31.9 Å². The second-order valence-corrected chi connectivity index (χ2v) is 8.10. The zero-order valence-corrected chi connectivity index (χ0v) is 18.4. The van der Waals surface area contributed by atoms with Gasteiger partial charge < -0.3 is 15.7 Å². The molecular formula is C24H16F4N2O4S. The van der Waals surface area contributed by atoms with Crippen LogP contribution in [0.2, 0.25) is 0 Å². The van der Waals surface area contributed by atoms with E-state index in [1.54, 1.807) is 42.5 Å². The number of benzene rings is 3. The SMILES string of the molecule is O=C(O)/C=C/C(=O)Nc1ccc(SC(C(=O)Nc2c(F)c(F)cc(F)c2F)c2ccccc2)cc1. The molecule has 3 aromatic carbocycles. The average molecular weight is 504 g/mol. The fourth-order valence-electron chi connectivity index (χ4n) is 2.86. The molecule has 0 heterocycles. The second kappa shape index (κ2) is 11.3. The predicted molar refractivity (Wildman–Crippen MR) is 122 cm³/mol. The van der Waals surface area contributed by atoms with E-state index >= 15 is 0 Å². The van der Waals surface area contributed by atoms with Gasteiger partial charge in [-0.3, -0.25) is 9.59 Å². The molecule has 0 aliphatic heterocycles. The maximum Gasteiger partial charge on any atom is 0.328 e. The number of amides is 2. The van der Waals surface area contributed by atoms with Crippen LogP contribution in [-0.2, 0) is 14.4 Å². The molecular weight excluding hydrogens is 488 g/mol. The van der Waals surface area contributed by atoms with Gasteiger partial charge in [0.25, 0.3) is 0 Å². The highest BCUT2D eigenvalue weighted by Crippen LogP contribution is 2.37. The van der Waals surface area contributed by atoms with Gasteiger partial charge in [0.1, 0.15) is 10.9 Å². The van der Waals surface area contributed by atoms with Crippen molar-refractivity contribution < 1.29 is 37.1 Å². The normalized spacial score (nSPS) is 11.8. The molecule has 6 nitrogen and oxygen atoms in total. The smallest absolute Gasteiger partial charge is 0.328 e. The Morgan fingerprint density at radius 3 is 2.00 bits per heavy atom. The molecule has 0 aromatic heterocycles. The number of thioether (sulfide) groups is 1. The van der Waals surface area contributed by atoms with E-state index in [2.05, 4.69) is 5.32 Å². The summed E-state index contributed by atoms with van der Waals surface area (Å²) in [5.41, 5.74) is -0.445. The van der Waals surface area contributed by atoms with Gasteiger partial charge in [-0.05, 0) is 29.8 Å². The Morgan fingerprint density at radius 2 is 1.43 bits per heavy atom. The molecule has 180 valence electrons. The van der Waals surface area contributed by atoms with Gasteiger partial charge in [0.2, 0.25) is 11.8 Å². The van der Waals surface area contributed by atoms with Gasteiger partial charge in [0.15, 0.2) is 23.3 Å². The molecule has 1 unspecified atom stereocenters. The van der Waals surface area contributed by atoms with Crippen molar-refractivity contribution in [2.75, 3.05) is 10.6 Å². The lowest BCUT2D eigenvalue weighted by atomic mass is 10.1. The van der Waals surface area contributed by atoms with Crippen LogP contribution in [0.25, 0.3) is 0 Å². The summed E-state index contributed by atoms with van der Waals surface area (Å²) in [4.78, 5) is 35.7. The number of nitrogens with one attached hydrogen (secondary N) is 2. The number of carboxylic acid groups (broad SMARTS) is 1. The van der Waals surface area contributed by atoms with Crippen molar-refractivity contribution in [1.29, 1.82) is 0 Å². The van der Waals surface area contributed by atoms with Crippen LogP contribution in [0.5, 0.6) is 0 Å². The summed E-state index contributed by atoms with van der Waals surface area (Å²) in [6, 6.07) is 14.3. The first-order chi connectivity index (χ1) is 16.7. The monoisotopic (exact) mass is 504 g/mol. The summed E-state index contributed by atoms with van der Waals surface area (Å²) in [5.74, 6) is -9.64. The minimum atomic E-state index is -1.73. The van der Waals surface area contributed by atoms with Crippen molar-refractivity contribution in [3.8, 4) is 0 Å². The van der Waals surface area contributed by atoms with Gasteiger partial charge in [-0.2, -0.15) is 0 Å². The van der Waals surface area contributed by atoms with Crippen molar-refractivity contribution in [2.45, 2.75) is 10.1 Å². The van der Waals surface area contributed by atoms with E-state index in [0.29, 0.717) is 22.2 Å². The summed E-state index contributed by atoms with van der Waals surface area (Å²) in [7, 11) is 0. The third-order valence-electron chi connectivity index (χ3n) is 4.45. The molecule has 0 saturated carbocycles. The molecule has 3 aromatic rings. The molecule has 0 bridgehead atoms. The summed E-state index contributed by atoms with van der Waals surface area (Å²) in [6.07, 6.45) is 1.52. The van der Waals surface area contributed by atoms with Crippen LogP contribution >= 0.6 is 11.8 Å². The molecule has 3 rings (SSSR count). The second-order valence-electron chi connectivity index (χ2n) is 6.93. The topological polar surface area (TPSA) is 95.5 Å². The standard InChI is InChI=1S/C24H16F4N2O4S/c25-16-12-17(26)21(28)22(20(16)27)30-24(34)23(13-4-2-1-3-5-13)35-15-8-6-14(7-9-15)29-18(31)10-11-19(32)33/h1-12,23H,(H,29,31)(H,30,34)(H,32,33)/b11-10+. The zero-order valence-electron chi connectivity index (χ0n) is 17.6. The molecule has 0 saturated heterocycles. The lowest BCUT2D eigenvalue weighted by Gasteiger charge is -2.18. The van der Waals surface area contributed by atoms with E-state index in [0.717, 1.165) is 17.8 Å². The van der Waals surface area contributed by atoms with Crippen LogP contribution in [0.15, 0.2) is 77.7 Å². The average Bonchev–Trinajstić information content (AvgIpc) is 2.84. The van der Waals surface area contributed by atoms with Crippen molar-refractivity contribution in [3.63, 3.8) is 0 Å². The quantitative estimate of drug-likeness (QED) is 0.168. The summed E-state index contributed by atoms with van der Waals surface area (Å²) in [6.45, 7) is 0. The number of hydrogen-bond donors (Lipinski definition) is 3. The van der Waals surface area contributed by atoms with Gasteiger partial charge in [-0.15, -0.1) is 11.8 Å². The van der Waals surface area contributed by atoms with Crippen LogP contribution in [-0.4, -0.2) is 22.9 Å². The van der Waals surface area contributed by atoms with Crippen LogP contribution < -0.4 is 10.6 Å². The molecule has 0 spiro atoms. The summed E-state index contributed by atoms with van der Waals surface area (Å²) >= 11 is 0.982.